The molecule has 0 unspecified atom stereocenters. The number of hydrogen-bond donors (Lipinski definition) is 2. The fraction of sp³-hybridized carbons (Fsp3) is 0.375. The number of aromatic nitrogens is 2. The van der Waals surface area contributed by atoms with Gasteiger partial charge in [0.1, 0.15) is 23.2 Å². The Morgan fingerprint density at radius 2 is 2.32 bits per heavy atom. The zero-order chi connectivity index (χ0) is 17.4. The smallest absolute Gasteiger partial charge is 0.225 e. The van der Waals surface area contributed by atoms with E-state index in [0.29, 0.717) is 12.4 Å². The molecule has 3 aromatic heterocycles. The molecule has 0 aromatic carbocycles. The van der Waals surface area contributed by atoms with Gasteiger partial charge in [-0.25, -0.2) is 4.98 Å². The molecule has 1 aliphatic rings. The van der Waals surface area contributed by atoms with Crippen LogP contribution in [0.2, 0.25) is 5.28 Å². The van der Waals surface area contributed by atoms with Gasteiger partial charge in [-0.15, -0.1) is 11.3 Å². The van der Waals surface area contributed by atoms with Crippen LogP contribution in [0.3, 0.4) is 0 Å². The number of nitrogens with zero attached hydrogens (tertiary/aromatic N) is 2. The Balaban J connectivity index is 1.72. The van der Waals surface area contributed by atoms with Crippen molar-refractivity contribution in [3.05, 3.63) is 37.9 Å². The second-order valence-corrected chi connectivity index (χ2v) is 8.30. The van der Waals surface area contributed by atoms with Crippen LogP contribution >= 0.6 is 45.5 Å². The van der Waals surface area contributed by atoms with E-state index in [2.05, 4.69) is 37.9 Å². The topological polar surface area (TPSA) is 86.2 Å². The van der Waals surface area contributed by atoms with Gasteiger partial charge in [-0.2, -0.15) is 4.98 Å². The quantitative estimate of drug-likeness (QED) is 0.418. The van der Waals surface area contributed by atoms with Crippen molar-refractivity contribution in [1.29, 1.82) is 0 Å². The van der Waals surface area contributed by atoms with E-state index in [4.69, 9.17) is 26.5 Å². The number of ether oxygens (including phenoxy) is 1. The van der Waals surface area contributed by atoms with Crippen LogP contribution in [0.1, 0.15) is 29.6 Å². The molecule has 0 saturated carbocycles. The van der Waals surface area contributed by atoms with Gasteiger partial charge in [0.2, 0.25) is 5.28 Å². The first-order valence-corrected chi connectivity index (χ1v) is 10.2. The molecule has 25 heavy (non-hydrogen) atoms. The second-order valence-electron chi connectivity index (χ2n) is 5.83. The summed E-state index contributed by atoms with van der Waals surface area (Å²) in [5.41, 5.74) is 7.12. The van der Waals surface area contributed by atoms with Gasteiger partial charge < -0.3 is 20.2 Å². The summed E-state index contributed by atoms with van der Waals surface area (Å²) in [5, 5.41) is 3.50. The first-order valence-electron chi connectivity index (χ1n) is 7.92. The molecule has 3 aromatic rings. The zero-order valence-electron chi connectivity index (χ0n) is 13.2. The number of nitrogens with one attached hydrogen (secondary N) is 1. The van der Waals surface area contributed by atoms with Crippen LogP contribution in [-0.4, -0.2) is 22.6 Å². The molecule has 0 radical (unpaired) electrons. The monoisotopic (exact) mass is 490 g/mol. The fourth-order valence-corrected chi connectivity index (χ4v) is 5.50. The standard InChI is InChI=1S/C16H16ClIN4O2S/c17-16-21-11-10(18)13(12-9(19)4-2-6-24-12)25-14(11)15(22-16)20-7-8-3-1-5-23-8/h1,3,5,9,12H,2,4,6-7,19H2,(H,20,21,22)/t9-,12-/m0/s1. The number of nitrogens with two attached hydrogens (primary N) is 1. The van der Waals surface area contributed by atoms with Crippen LogP contribution in [0.4, 0.5) is 5.82 Å². The van der Waals surface area contributed by atoms with E-state index in [1.807, 2.05) is 12.1 Å². The van der Waals surface area contributed by atoms with Crippen molar-refractivity contribution < 1.29 is 9.15 Å². The minimum atomic E-state index is -0.100. The van der Waals surface area contributed by atoms with Gasteiger partial charge >= 0.3 is 0 Å². The maximum Gasteiger partial charge on any atom is 0.225 e. The summed E-state index contributed by atoms with van der Waals surface area (Å²) in [4.78, 5) is 9.87. The second kappa shape index (κ2) is 7.36. The maximum atomic E-state index is 6.28. The average molecular weight is 491 g/mol. The molecule has 0 spiro atoms. The SMILES string of the molecule is N[C@H]1CCCO[C@@H]1c1sc2c(NCc3ccco3)nc(Cl)nc2c1I. The van der Waals surface area contributed by atoms with Crippen molar-refractivity contribution >= 4 is 61.6 Å². The van der Waals surface area contributed by atoms with Gasteiger partial charge in [0.15, 0.2) is 0 Å². The van der Waals surface area contributed by atoms with Gasteiger partial charge in [0.05, 0.1) is 26.0 Å². The first kappa shape index (κ1) is 17.5. The largest absolute Gasteiger partial charge is 0.467 e. The number of rotatable bonds is 4. The molecule has 9 heteroatoms. The van der Waals surface area contributed by atoms with Gasteiger partial charge in [-0.3, -0.25) is 0 Å². The molecule has 4 rings (SSSR count). The molecule has 1 aliphatic heterocycles. The predicted molar refractivity (Wildman–Crippen MR) is 107 cm³/mol. The highest BCUT2D eigenvalue weighted by molar-refractivity contribution is 14.1. The van der Waals surface area contributed by atoms with Gasteiger partial charge in [-0.05, 0) is 59.2 Å². The van der Waals surface area contributed by atoms with E-state index in [1.54, 1.807) is 17.6 Å². The van der Waals surface area contributed by atoms with E-state index >= 15 is 0 Å². The van der Waals surface area contributed by atoms with Crippen molar-refractivity contribution in [2.24, 2.45) is 5.73 Å². The molecule has 132 valence electrons. The molecule has 2 atom stereocenters. The third-order valence-corrected chi connectivity index (χ3v) is 6.99. The molecule has 1 saturated heterocycles. The predicted octanol–water partition coefficient (Wildman–Crippen LogP) is 4.33. The Morgan fingerprint density at radius 3 is 3.08 bits per heavy atom. The Hall–Kier alpha value is -0.940. The summed E-state index contributed by atoms with van der Waals surface area (Å²) in [7, 11) is 0. The zero-order valence-corrected chi connectivity index (χ0v) is 16.9. The van der Waals surface area contributed by atoms with Crippen LogP contribution < -0.4 is 11.1 Å². The lowest BCUT2D eigenvalue weighted by atomic mass is 10.0. The minimum absolute atomic E-state index is 0.00159. The van der Waals surface area contributed by atoms with Crippen molar-refractivity contribution in [3.8, 4) is 0 Å². The van der Waals surface area contributed by atoms with Gasteiger partial charge in [-0.1, -0.05) is 0 Å². The Labute approximate surface area is 167 Å². The molecular formula is C16H16ClIN4O2S. The highest BCUT2D eigenvalue weighted by Crippen LogP contribution is 2.42. The summed E-state index contributed by atoms with van der Waals surface area (Å²) < 4.78 is 13.3. The third kappa shape index (κ3) is 3.50. The summed E-state index contributed by atoms with van der Waals surface area (Å²) in [5.74, 6) is 1.52. The van der Waals surface area contributed by atoms with Crippen LogP contribution in [0.25, 0.3) is 10.2 Å². The lowest BCUT2D eigenvalue weighted by Crippen LogP contribution is -2.34. The fourth-order valence-electron chi connectivity index (χ4n) is 2.90. The van der Waals surface area contributed by atoms with Crippen molar-refractivity contribution in [1.82, 2.24) is 9.97 Å². The van der Waals surface area contributed by atoms with E-state index in [0.717, 1.165) is 43.9 Å². The van der Waals surface area contributed by atoms with Gasteiger partial charge in [0, 0.05) is 12.6 Å². The van der Waals surface area contributed by atoms with E-state index < -0.39 is 0 Å². The Kier molecular flexibility index (Phi) is 5.14. The number of furan rings is 1. The molecule has 1 fully saturated rings. The maximum absolute atomic E-state index is 6.28. The lowest BCUT2D eigenvalue weighted by Gasteiger charge is -2.28. The summed E-state index contributed by atoms with van der Waals surface area (Å²) in [6, 6.07) is 3.76. The van der Waals surface area contributed by atoms with Crippen molar-refractivity contribution in [2.75, 3.05) is 11.9 Å². The normalized spacial score (nSPS) is 20.9. The van der Waals surface area contributed by atoms with Gasteiger partial charge in [0.25, 0.3) is 0 Å². The van der Waals surface area contributed by atoms with E-state index in [1.165, 1.54) is 0 Å². The lowest BCUT2D eigenvalue weighted by molar-refractivity contribution is 0.00196. The number of hydrogen-bond acceptors (Lipinski definition) is 7. The highest BCUT2D eigenvalue weighted by Gasteiger charge is 2.30. The van der Waals surface area contributed by atoms with Crippen molar-refractivity contribution in [3.63, 3.8) is 0 Å². The van der Waals surface area contributed by atoms with E-state index in [9.17, 15) is 0 Å². The molecule has 0 amide bonds. The number of fused-ring (bicyclic) bond motifs is 1. The molecule has 4 heterocycles. The van der Waals surface area contributed by atoms with Crippen LogP contribution in [0.15, 0.2) is 22.8 Å². The molecule has 0 bridgehead atoms. The summed E-state index contributed by atoms with van der Waals surface area (Å²) >= 11 is 10.1. The van der Waals surface area contributed by atoms with E-state index in [-0.39, 0.29) is 17.4 Å². The van der Waals surface area contributed by atoms with Crippen LogP contribution in [0.5, 0.6) is 0 Å². The Morgan fingerprint density at radius 1 is 1.44 bits per heavy atom. The molecule has 0 aliphatic carbocycles. The molecule has 6 nitrogen and oxygen atoms in total. The van der Waals surface area contributed by atoms with Crippen LogP contribution in [0, 0.1) is 3.57 Å². The number of anilines is 1. The number of halogens is 2. The number of thiophene rings is 1. The molecule has 3 N–H and O–H groups in total. The van der Waals surface area contributed by atoms with Crippen molar-refractivity contribution in [2.45, 2.75) is 31.5 Å². The minimum Gasteiger partial charge on any atom is -0.467 e. The first-order chi connectivity index (χ1) is 12.1. The Bertz CT molecular complexity index is 886. The average Bonchev–Trinajstić information content (AvgIpc) is 3.22. The summed E-state index contributed by atoms with van der Waals surface area (Å²) in [6.07, 6.45) is 3.51. The third-order valence-electron chi connectivity index (χ3n) is 4.11. The summed E-state index contributed by atoms with van der Waals surface area (Å²) in [6.45, 7) is 1.26. The molecular weight excluding hydrogens is 475 g/mol. The van der Waals surface area contributed by atoms with Crippen LogP contribution in [-0.2, 0) is 11.3 Å². The highest BCUT2D eigenvalue weighted by atomic mass is 127.